The Balaban J connectivity index is -0.000000318. The Morgan fingerprint density at radius 3 is 2.00 bits per heavy atom. The summed E-state index contributed by atoms with van der Waals surface area (Å²) in [6.07, 6.45) is 11.9. The van der Waals surface area contributed by atoms with E-state index in [0.717, 1.165) is 0 Å². The highest BCUT2D eigenvalue weighted by Gasteiger charge is 1.88. The molecule has 0 rings (SSSR count). The standard InChI is InChI=1S/C11H18.2C2H6/c1-4-7-10-11(8-5-2)9-6-3;2*1-2/h5-6,8-9H,2,4,7,10H2,1,3H3;2*1-2H3/b9-6-,11-8+;;. The lowest BCUT2D eigenvalue weighted by Crippen LogP contribution is -1.77. The second kappa shape index (κ2) is 23.2. The van der Waals surface area contributed by atoms with E-state index < -0.39 is 0 Å². The summed E-state index contributed by atoms with van der Waals surface area (Å²) in [6.45, 7) is 15.9. The molecule has 0 aromatic heterocycles. The number of allylic oxidation sites excluding steroid dienone is 5. The van der Waals surface area contributed by atoms with Crippen LogP contribution in [0.25, 0.3) is 0 Å². The van der Waals surface area contributed by atoms with Gasteiger partial charge in [0.1, 0.15) is 0 Å². The van der Waals surface area contributed by atoms with Crippen LogP contribution in [0.3, 0.4) is 0 Å². The van der Waals surface area contributed by atoms with Crippen LogP contribution < -0.4 is 0 Å². The van der Waals surface area contributed by atoms with Gasteiger partial charge in [0, 0.05) is 0 Å². The van der Waals surface area contributed by atoms with E-state index in [9.17, 15) is 0 Å². The summed E-state index contributed by atoms with van der Waals surface area (Å²) in [5.41, 5.74) is 1.38. The number of unbranched alkanes of at least 4 members (excludes halogenated alkanes) is 1. The van der Waals surface area contributed by atoms with Gasteiger partial charge in [-0.1, -0.05) is 71.9 Å². The van der Waals surface area contributed by atoms with Gasteiger partial charge in [-0.3, -0.25) is 0 Å². The highest BCUT2D eigenvalue weighted by atomic mass is 13.9. The third-order valence-electron chi connectivity index (χ3n) is 1.53. The molecule has 0 heteroatoms. The minimum absolute atomic E-state index is 1.17. The molecule has 0 nitrogen and oxygen atoms in total. The lowest BCUT2D eigenvalue weighted by Gasteiger charge is -1.97. The fourth-order valence-corrected chi connectivity index (χ4v) is 0.969. The summed E-state index contributed by atoms with van der Waals surface area (Å²) in [7, 11) is 0. The second-order valence-electron chi connectivity index (χ2n) is 2.58. The van der Waals surface area contributed by atoms with Gasteiger partial charge in [0.15, 0.2) is 0 Å². The predicted molar refractivity (Wildman–Crippen MR) is 75.3 cm³/mol. The van der Waals surface area contributed by atoms with Crippen LogP contribution in [0.15, 0.2) is 36.5 Å². The molecule has 0 saturated carbocycles. The van der Waals surface area contributed by atoms with Gasteiger partial charge in [0.25, 0.3) is 0 Å². The molecule has 0 N–H and O–H groups in total. The number of hydrogen-bond acceptors (Lipinski definition) is 0. The maximum Gasteiger partial charge on any atom is -0.0279 e. The molecule has 0 aliphatic rings. The smallest absolute Gasteiger partial charge is 0.0279 e. The molecule has 0 aromatic carbocycles. The van der Waals surface area contributed by atoms with Gasteiger partial charge in [-0.05, 0) is 25.3 Å². The lowest BCUT2D eigenvalue weighted by atomic mass is 10.1. The summed E-state index contributed by atoms with van der Waals surface area (Å²) in [5, 5.41) is 0. The first kappa shape index (κ1) is 19.7. The zero-order valence-corrected chi connectivity index (χ0v) is 11.6. The van der Waals surface area contributed by atoms with Gasteiger partial charge in [-0.25, -0.2) is 0 Å². The summed E-state index contributed by atoms with van der Waals surface area (Å²) in [4.78, 5) is 0. The maximum absolute atomic E-state index is 3.68. The lowest BCUT2D eigenvalue weighted by molar-refractivity contribution is 0.798. The first-order valence-electron chi connectivity index (χ1n) is 6.29. The van der Waals surface area contributed by atoms with E-state index in [4.69, 9.17) is 0 Å². The van der Waals surface area contributed by atoms with Crippen LogP contribution in [-0.2, 0) is 0 Å². The highest BCUT2D eigenvalue weighted by Crippen LogP contribution is 2.08. The van der Waals surface area contributed by atoms with Crippen LogP contribution >= 0.6 is 0 Å². The largest absolute Gasteiger partial charge is 0.0991 e. The molecule has 0 fully saturated rings. The van der Waals surface area contributed by atoms with Crippen molar-refractivity contribution in [2.75, 3.05) is 0 Å². The molecule has 0 aliphatic heterocycles. The van der Waals surface area contributed by atoms with Gasteiger partial charge in [-0.15, -0.1) is 0 Å². The fraction of sp³-hybridized carbons (Fsp3) is 0.600. The average molecular weight is 210 g/mol. The van der Waals surface area contributed by atoms with Gasteiger partial charge in [0.05, 0.1) is 0 Å². The monoisotopic (exact) mass is 210 g/mol. The molecule has 0 unspecified atom stereocenters. The van der Waals surface area contributed by atoms with Gasteiger partial charge >= 0.3 is 0 Å². The van der Waals surface area contributed by atoms with E-state index in [1.54, 1.807) is 0 Å². The molecule has 15 heavy (non-hydrogen) atoms. The number of rotatable bonds is 5. The topological polar surface area (TPSA) is 0 Å². The van der Waals surface area contributed by atoms with Gasteiger partial charge in [-0.2, -0.15) is 0 Å². The molecule has 0 amide bonds. The Hall–Kier alpha value is -0.780. The quantitative estimate of drug-likeness (QED) is 0.494. The molecular weight excluding hydrogens is 180 g/mol. The van der Waals surface area contributed by atoms with Crippen LogP contribution in [0.5, 0.6) is 0 Å². The summed E-state index contributed by atoms with van der Waals surface area (Å²) in [6, 6.07) is 0. The van der Waals surface area contributed by atoms with E-state index in [1.165, 1.54) is 24.8 Å². The summed E-state index contributed by atoms with van der Waals surface area (Å²) in [5.74, 6) is 0. The van der Waals surface area contributed by atoms with Crippen molar-refractivity contribution in [2.24, 2.45) is 0 Å². The second-order valence-corrected chi connectivity index (χ2v) is 2.58. The summed E-state index contributed by atoms with van der Waals surface area (Å²) >= 11 is 0. The molecule has 0 aromatic rings. The van der Waals surface area contributed by atoms with Crippen LogP contribution in [0, 0.1) is 0 Å². The maximum atomic E-state index is 3.68. The Kier molecular flexibility index (Phi) is 30.6. The van der Waals surface area contributed by atoms with Crippen molar-refractivity contribution in [3.63, 3.8) is 0 Å². The zero-order valence-electron chi connectivity index (χ0n) is 11.6. The van der Waals surface area contributed by atoms with Crippen LogP contribution in [-0.4, -0.2) is 0 Å². The Bertz CT molecular complexity index is 149. The third kappa shape index (κ3) is 19.6. The molecule has 90 valence electrons. The minimum atomic E-state index is 1.17. The minimum Gasteiger partial charge on any atom is -0.0991 e. The summed E-state index contributed by atoms with van der Waals surface area (Å²) < 4.78 is 0. The highest BCUT2D eigenvalue weighted by molar-refractivity contribution is 5.22. The van der Waals surface area contributed by atoms with E-state index in [2.05, 4.69) is 31.7 Å². The molecule has 0 radical (unpaired) electrons. The predicted octanol–water partition coefficient (Wildman–Crippen LogP) is 5.92. The molecular formula is C15H30. The Morgan fingerprint density at radius 2 is 1.67 bits per heavy atom. The molecule has 0 heterocycles. The van der Waals surface area contributed by atoms with Crippen molar-refractivity contribution in [2.45, 2.75) is 60.8 Å². The van der Waals surface area contributed by atoms with Crippen molar-refractivity contribution in [1.29, 1.82) is 0 Å². The van der Waals surface area contributed by atoms with Crippen LogP contribution in [0.1, 0.15) is 60.8 Å². The SMILES string of the molecule is C=C/C=C(\C=C/C)CCCC.CC.CC. The molecule has 0 saturated heterocycles. The van der Waals surface area contributed by atoms with E-state index in [-0.39, 0.29) is 0 Å². The van der Waals surface area contributed by atoms with E-state index in [0.29, 0.717) is 0 Å². The van der Waals surface area contributed by atoms with Crippen molar-refractivity contribution in [3.8, 4) is 0 Å². The van der Waals surface area contributed by atoms with Crippen molar-refractivity contribution < 1.29 is 0 Å². The van der Waals surface area contributed by atoms with Crippen LogP contribution in [0.2, 0.25) is 0 Å². The van der Waals surface area contributed by atoms with Crippen LogP contribution in [0.4, 0.5) is 0 Å². The molecule has 0 atom stereocenters. The van der Waals surface area contributed by atoms with Gasteiger partial charge in [0.2, 0.25) is 0 Å². The molecule has 0 spiro atoms. The van der Waals surface area contributed by atoms with Gasteiger partial charge < -0.3 is 0 Å². The van der Waals surface area contributed by atoms with E-state index in [1.807, 2.05) is 40.7 Å². The fourth-order valence-electron chi connectivity index (χ4n) is 0.969. The normalized spacial score (nSPS) is 9.87. The third-order valence-corrected chi connectivity index (χ3v) is 1.53. The Morgan fingerprint density at radius 1 is 1.13 bits per heavy atom. The average Bonchev–Trinajstić information content (AvgIpc) is 2.32. The van der Waals surface area contributed by atoms with Crippen molar-refractivity contribution >= 4 is 0 Å². The zero-order chi connectivity index (χ0) is 12.5. The molecule has 0 bridgehead atoms. The number of hydrogen-bond donors (Lipinski definition) is 0. The first-order valence-corrected chi connectivity index (χ1v) is 6.29. The van der Waals surface area contributed by atoms with Crippen molar-refractivity contribution in [1.82, 2.24) is 0 Å². The molecule has 0 aliphatic carbocycles. The van der Waals surface area contributed by atoms with E-state index >= 15 is 0 Å². The van der Waals surface area contributed by atoms with Crippen molar-refractivity contribution in [3.05, 3.63) is 36.5 Å². The Labute approximate surface area is 97.8 Å². The first-order chi connectivity index (χ1) is 7.35.